The Morgan fingerprint density at radius 3 is 2.67 bits per heavy atom. The van der Waals surface area contributed by atoms with Crippen molar-refractivity contribution in [2.45, 2.75) is 0 Å². The molecule has 0 saturated heterocycles. The third-order valence-corrected chi connectivity index (χ3v) is 0.344. The molecule has 0 radical (unpaired) electrons. The molecular weight excluding hydrogens is 128 g/mol. The molecule has 48 valence electrons. The summed E-state index contributed by atoms with van der Waals surface area (Å²) in [6, 6.07) is 0. The van der Waals surface area contributed by atoms with Gasteiger partial charge in [0.05, 0.1) is 0 Å². The SMILES string of the molecule is NC(N=C=O)=N[N+](=O)[O-]. The fraction of sp³-hybridized carbons (Fsp3) is 0. The Hall–Kier alpha value is -1.75. The average molecular weight is 130 g/mol. The number of nitro groups is 1. The maximum Gasteiger partial charge on any atom is 0.303 e. The van der Waals surface area contributed by atoms with Gasteiger partial charge in [-0.15, -0.1) is 4.99 Å². The Balaban J connectivity index is 4.16. The van der Waals surface area contributed by atoms with Gasteiger partial charge < -0.3 is 5.73 Å². The van der Waals surface area contributed by atoms with E-state index >= 15 is 0 Å². The van der Waals surface area contributed by atoms with E-state index in [1.54, 1.807) is 0 Å². The highest BCUT2D eigenvalue weighted by Crippen LogP contribution is 1.70. The Bertz CT molecular complexity index is 190. The van der Waals surface area contributed by atoms with Gasteiger partial charge in [0.1, 0.15) is 5.10 Å². The quantitative estimate of drug-likeness (QED) is 0.158. The first-order chi connectivity index (χ1) is 4.16. The largest absolute Gasteiger partial charge is 0.362 e. The zero-order valence-corrected chi connectivity index (χ0v) is 4.14. The van der Waals surface area contributed by atoms with Crippen molar-refractivity contribution in [1.29, 1.82) is 0 Å². The van der Waals surface area contributed by atoms with Crippen LogP contribution in [0.1, 0.15) is 0 Å². The molecule has 0 bridgehead atoms. The maximum atomic E-state index is 9.43. The third-order valence-electron chi connectivity index (χ3n) is 0.344. The molecule has 0 saturated carbocycles. The molecule has 9 heavy (non-hydrogen) atoms. The number of aliphatic imine (C=N–C) groups is 1. The molecule has 0 fully saturated rings. The minimum Gasteiger partial charge on any atom is -0.362 e. The Morgan fingerprint density at radius 1 is 1.78 bits per heavy atom. The molecular formula is C2H2N4O3. The Labute approximate surface area is 49.0 Å². The number of isocyanates is 1. The normalized spacial score (nSPS) is 10.0. The molecule has 0 heterocycles. The van der Waals surface area contributed by atoms with Gasteiger partial charge in [-0.25, -0.2) is 14.9 Å². The number of carbonyl (C=O) groups excluding carboxylic acids is 1. The van der Waals surface area contributed by atoms with Gasteiger partial charge in [-0.05, 0) is 0 Å². The number of hydrogen-bond acceptors (Lipinski definition) is 3. The molecule has 0 aliphatic carbocycles. The van der Waals surface area contributed by atoms with Crippen LogP contribution in [-0.2, 0) is 4.79 Å². The van der Waals surface area contributed by atoms with E-state index in [-0.39, 0.29) is 0 Å². The minimum atomic E-state index is -1.06. The Kier molecular flexibility index (Phi) is 2.64. The van der Waals surface area contributed by atoms with Crippen LogP contribution in [0.25, 0.3) is 0 Å². The molecule has 0 spiro atoms. The van der Waals surface area contributed by atoms with Crippen LogP contribution in [0.15, 0.2) is 10.1 Å². The number of nitrogens with two attached hydrogens (primary N) is 1. The van der Waals surface area contributed by atoms with Crippen molar-refractivity contribution in [2.24, 2.45) is 15.8 Å². The van der Waals surface area contributed by atoms with Crippen LogP contribution in [-0.4, -0.2) is 17.1 Å². The smallest absolute Gasteiger partial charge is 0.303 e. The van der Waals surface area contributed by atoms with Gasteiger partial charge in [-0.1, -0.05) is 0 Å². The van der Waals surface area contributed by atoms with Crippen LogP contribution < -0.4 is 5.73 Å². The van der Waals surface area contributed by atoms with E-state index in [0.717, 1.165) is 6.08 Å². The fourth-order valence-corrected chi connectivity index (χ4v) is 0.153. The second-order valence-corrected chi connectivity index (χ2v) is 0.899. The molecule has 7 heteroatoms. The lowest BCUT2D eigenvalue weighted by molar-refractivity contribution is -0.485. The van der Waals surface area contributed by atoms with Crippen molar-refractivity contribution < 1.29 is 9.83 Å². The lowest BCUT2D eigenvalue weighted by atomic mass is 11.1. The molecule has 0 rings (SSSR count). The predicted molar refractivity (Wildman–Crippen MR) is 26.7 cm³/mol. The summed E-state index contributed by atoms with van der Waals surface area (Å²) in [6.45, 7) is 0. The molecule has 0 atom stereocenters. The van der Waals surface area contributed by atoms with Crippen molar-refractivity contribution in [2.75, 3.05) is 0 Å². The van der Waals surface area contributed by atoms with Gasteiger partial charge in [-0.3, -0.25) is 0 Å². The molecule has 0 aromatic rings. The highest BCUT2D eigenvalue weighted by Gasteiger charge is 1.92. The maximum absolute atomic E-state index is 9.43. The molecule has 0 aromatic heterocycles. The minimum absolute atomic E-state index is 0.713. The van der Waals surface area contributed by atoms with Gasteiger partial charge in [0.25, 0.3) is 0 Å². The summed E-state index contributed by atoms with van der Waals surface area (Å²) in [7, 11) is 0. The lowest BCUT2D eigenvalue weighted by Crippen LogP contribution is -2.09. The summed E-state index contributed by atoms with van der Waals surface area (Å²) < 4.78 is 0. The predicted octanol–water partition coefficient (Wildman–Crippen LogP) is -1.17. The van der Waals surface area contributed by atoms with E-state index in [1.807, 2.05) is 0 Å². The van der Waals surface area contributed by atoms with Crippen LogP contribution in [0.3, 0.4) is 0 Å². The van der Waals surface area contributed by atoms with Crippen molar-refractivity contribution in [3.63, 3.8) is 0 Å². The summed E-state index contributed by atoms with van der Waals surface area (Å²) in [5.41, 5.74) is 4.66. The molecule has 0 amide bonds. The second kappa shape index (κ2) is 3.28. The summed E-state index contributed by atoms with van der Waals surface area (Å²) >= 11 is 0. The van der Waals surface area contributed by atoms with Crippen LogP contribution in [0, 0.1) is 10.1 Å². The highest BCUT2D eigenvalue weighted by molar-refractivity contribution is 5.82. The third kappa shape index (κ3) is 4.10. The molecule has 0 aliphatic heterocycles. The van der Waals surface area contributed by atoms with Crippen LogP contribution >= 0.6 is 0 Å². The number of hydrazone groups is 1. The van der Waals surface area contributed by atoms with Crippen LogP contribution in [0.5, 0.6) is 0 Å². The van der Waals surface area contributed by atoms with Crippen LogP contribution in [0.2, 0.25) is 0 Å². The van der Waals surface area contributed by atoms with Crippen molar-refractivity contribution in [3.05, 3.63) is 10.1 Å². The first-order valence-electron chi connectivity index (χ1n) is 1.73. The monoisotopic (exact) mass is 130 g/mol. The zero-order chi connectivity index (χ0) is 7.28. The number of hydrogen-bond donors (Lipinski definition) is 1. The van der Waals surface area contributed by atoms with E-state index < -0.39 is 11.0 Å². The van der Waals surface area contributed by atoms with Crippen molar-refractivity contribution >= 4 is 12.0 Å². The van der Waals surface area contributed by atoms with Crippen molar-refractivity contribution in [3.8, 4) is 0 Å². The van der Waals surface area contributed by atoms with Gasteiger partial charge in [0, 0.05) is 0 Å². The number of guanidine groups is 1. The van der Waals surface area contributed by atoms with Gasteiger partial charge in [-0.2, -0.15) is 0 Å². The van der Waals surface area contributed by atoms with Crippen molar-refractivity contribution in [1.82, 2.24) is 0 Å². The first kappa shape index (κ1) is 7.25. The topological polar surface area (TPSA) is 111 Å². The molecule has 0 aromatic carbocycles. The molecule has 2 N–H and O–H groups in total. The highest BCUT2D eigenvalue weighted by atomic mass is 16.7. The van der Waals surface area contributed by atoms with E-state index in [9.17, 15) is 14.9 Å². The second-order valence-electron chi connectivity index (χ2n) is 0.899. The van der Waals surface area contributed by atoms with Crippen LogP contribution in [0.4, 0.5) is 0 Å². The summed E-state index contributed by atoms with van der Waals surface area (Å²) in [5.74, 6) is -0.713. The molecule has 0 unspecified atom stereocenters. The Morgan fingerprint density at radius 2 is 2.33 bits per heavy atom. The fourth-order valence-electron chi connectivity index (χ4n) is 0.153. The number of nitrogens with zero attached hydrogens (tertiary/aromatic N) is 3. The van der Waals surface area contributed by atoms with Gasteiger partial charge in [0.15, 0.2) is 5.03 Å². The average Bonchev–Trinajstić information content (AvgIpc) is 1.63. The van der Waals surface area contributed by atoms with E-state index in [4.69, 9.17) is 0 Å². The summed E-state index contributed by atoms with van der Waals surface area (Å²) in [4.78, 5) is 21.4. The molecule has 0 aliphatic rings. The van der Waals surface area contributed by atoms with E-state index in [2.05, 4.69) is 15.8 Å². The lowest BCUT2D eigenvalue weighted by Gasteiger charge is -1.76. The summed E-state index contributed by atoms with van der Waals surface area (Å²) in [5, 5.41) is 10.8. The van der Waals surface area contributed by atoms with Gasteiger partial charge in [0.2, 0.25) is 6.08 Å². The van der Waals surface area contributed by atoms with Gasteiger partial charge >= 0.3 is 5.96 Å². The summed E-state index contributed by atoms with van der Waals surface area (Å²) in [6.07, 6.45) is 0.988. The zero-order valence-electron chi connectivity index (χ0n) is 4.14. The van der Waals surface area contributed by atoms with E-state index in [1.165, 1.54) is 0 Å². The standard InChI is InChI=1S/C2H2N4O3/c3-2(4-1-7)5-6(8)9/h(H2,3,5). The first-order valence-corrected chi connectivity index (χ1v) is 1.73. The van der Waals surface area contributed by atoms with E-state index in [0.29, 0.717) is 0 Å². The number of rotatable bonds is 1. The molecule has 7 nitrogen and oxygen atoms in total.